The lowest BCUT2D eigenvalue weighted by Gasteiger charge is -2.09. The standard InChI is InChI=1S/C13H14ClN3O/c1-3-15-13-12(16-6-7-17-13)9-4-5-11(18-2)10(14)8-9/h4-8H,3H2,1-2H3,(H,15,17). The van der Waals surface area contributed by atoms with Crippen molar-refractivity contribution < 1.29 is 4.74 Å². The first-order chi connectivity index (χ1) is 8.76. The van der Waals surface area contributed by atoms with Crippen LogP contribution >= 0.6 is 11.6 Å². The van der Waals surface area contributed by atoms with Gasteiger partial charge in [-0.15, -0.1) is 0 Å². The van der Waals surface area contributed by atoms with Crippen LogP contribution in [0.2, 0.25) is 5.02 Å². The second-order valence-electron chi connectivity index (χ2n) is 3.63. The molecule has 5 heteroatoms. The molecule has 0 bridgehead atoms. The number of hydrogen-bond donors (Lipinski definition) is 1. The van der Waals surface area contributed by atoms with E-state index in [0.717, 1.165) is 23.6 Å². The number of aromatic nitrogens is 2. The molecule has 0 atom stereocenters. The van der Waals surface area contributed by atoms with Crippen LogP contribution in [0.3, 0.4) is 0 Å². The Hall–Kier alpha value is -1.81. The Balaban J connectivity index is 2.45. The lowest BCUT2D eigenvalue weighted by Crippen LogP contribution is -2.02. The maximum atomic E-state index is 6.12. The number of halogens is 1. The number of ether oxygens (including phenoxy) is 1. The minimum Gasteiger partial charge on any atom is -0.495 e. The number of nitrogens with zero attached hydrogens (tertiary/aromatic N) is 2. The predicted octanol–water partition coefficient (Wildman–Crippen LogP) is 3.24. The van der Waals surface area contributed by atoms with Crippen LogP contribution in [0.1, 0.15) is 6.92 Å². The van der Waals surface area contributed by atoms with Crippen molar-refractivity contribution in [2.24, 2.45) is 0 Å². The maximum Gasteiger partial charge on any atom is 0.152 e. The van der Waals surface area contributed by atoms with Crippen molar-refractivity contribution in [2.45, 2.75) is 6.92 Å². The molecule has 0 aliphatic rings. The summed E-state index contributed by atoms with van der Waals surface area (Å²) in [6.45, 7) is 2.80. The highest BCUT2D eigenvalue weighted by Crippen LogP contribution is 2.31. The molecule has 1 aromatic carbocycles. The lowest BCUT2D eigenvalue weighted by atomic mass is 10.1. The van der Waals surface area contributed by atoms with Crippen molar-refractivity contribution in [1.82, 2.24) is 9.97 Å². The first kappa shape index (κ1) is 12.6. The van der Waals surface area contributed by atoms with Crippen LogP contribution in [0.5, 0.6) is 5.75 Å². The zero-order valence-electron chi connectivity index (χ0n) is 10.3. The summed E-state index contributed by atoms with van der Waals surface area (Å²) < 4.78 is 5.13. The van der Waals surface area contributed by atoms with Crippen molar-refractivity contribution in [3.8, 4) is 17.0 Å². The van der Waals surface area contributed by atoms with Gasteiger partial charge in [0.25, 0.3) is 0 Å². The number of nitrogens with one attached hydrogen (secondary N) is 1. The first-order valence-electron chi connectivity index (χ1n) is 5.65. The Morgan fingerprint density at radius 1 is 1.28 bits per heavy atom. The summed E-state index contributed by atoms with van der Waals surface area (Å²) in [5.74, 6) is 1.40. The highest BCUT2D eigenvalue weighted by Gasteiger charge is 2.09. The Morgan fingerprint density at radius 3 is 2.72 bits per heavy atom. The lowest BCUT2D eigenvalue weighted by molar-refractivity contribution is 0.415. The fourth-order valence-electron chi connectivity index (χ4n) is 1.66. The summed E-state index contributed by atoms with van der Waals surface area (Å²) in [6, 6.07) is 5.56. The molecule has 1 N–H and O–H groups in total. The molecule has 0 saturated heterocycles. The molecule has 0 unspecified atom stereocenters. The second-order valence-corrected chi connectivity index (χ2v) is 4.04. The largest absolute Gasteiger partial charge is 0.495 e. The Kier molecular flexibility index (Phi) is 3.99. The van der Waals surface area contributed by atoms with E-state index in [2.05, 4.69) is 15.3 Å². The highest BCUT2D eigenvalue weighted by molar-refractivity contribution is 6.32. The van der Waals surface area contributed by atoms with Gasteiger partial charge in [0, 0.05) is 24.5 Å². The molecule has 94 valence electrons. The summed E-state index contributed by atoms with van der Waals surface area (Å²) in [7, 11) is 1.59. The molecular weight excluding hydrogens is 250 g/mol. The third-order valence-corrected chi connectivity index (χ3v) is 2.76. The minimum atomic E-state index is 0.558. The van der Waals surface area contributed by atoms with Gasteiger partial charge in [-0.2, -0.15) is 0 Å². The number of benzene rings is 1. The maximum absolute atomic E-state index is 6.12. The van der Waals surface area contributed by atoms with Crippen LogP contribution in [-0.2, 0) is 0 Å². The van der Waals surface area contributed by atoms with Crippen molar-refractivity contribution in [2.75, 3.05) is 19.0 Å². The molecule has 2 aromatic rings. The van der Waals surface area contributed by atoms with Gasteiger partial charge in [0.15, 0.2) is 5.82 Å². The topological polar surface area (TPSA) is 47.0 Å². The molecular formula is C13H14ClN3O. The molecule has 0 fully saturated rings. The number of anilines is 1. The van der Waals surface area contributed by atoms with E-state index in [4.69, 9.17) is 16.3 Å². The smallest absolute Gasteiger partial charge is 0.152 e. The monoisotopic (exact) mass is 263 g/mol. The zero-order valence-corrected chi connectivity index (χ0v) is 11.0. The first-order valence-corrected chi connectivity index (χ1v) is 6.02. The van der Waals surface area contributed by atoms with Gasteiger partial charge in [-0.25, -0.2) is 4.98 Å². The van der Waals surface area contributed by atoms with Gasteiger partial charge in [-0.3, -0.25) is 4.98 Å². The summed E-state index contributed by atoms with van der Waals surface area (Å²) >= 11 is 6.12. The molecule has 1 aromatic heterocycles. The van der Waals surface area contributed by atoms with Crippen molar-refractivity contribution in [1.29, 1.82) is 0 Å². The van der Waals surface area contributed by atoms with E-state index in [9.17, 15) is 0 Å². The third-order valence-electron chi connectivity index (χ3n) is 2.47. The fraction of sp³-hybridized carbons (Fsp3) is 0.231. The van der Waals surface area contributed by atoms with Crippen LogP contribution in [0.25, 0.3) is 11.3 Å². The van der Waals surface area contributed by atoms with E-state index in [0.29, 0.717) is 10.8 Å². The third kappa shape index (κ3) is 2.54. The molecule has 0 aliphatic heterocycles. The van der Waals surface area contributed by atoms with E-state index in [1.54, 1.807) is 19.5 Å². The van der Waals surface area contributed by atoms with Gasteiger partial charge in [-0.05, 0) is 25.1 Å². The summed E-state index contributed by atoms with van der Waals surface area (Å²) in [5.41, 5.74) is 1.69. The van der Waals surface area contributed by atoms with Crippen molar-refractivity contribution in [3.05, 3.63) is 35.6 Å². The Morgan fingerprint density at radius 2 is 2.06 bits per heavy atom. The Labute approximate surface area is 111 Å². The molecule has 4 nitrogen and oxygen atoms in total. The quantitative estimate of drug-likeness (QED) is 0.920. The molecule has 0 spiro atoms. The van der Waals surface area contributed by atoms with E-state index in [1.165, 1.54) is 0 Å². The summed E-state index contributed by atoms with van der Waals surface area (Å²) in [5, 5.41) is 3.73. The molecule has 0 saturated carbocycles. The molecule has 0 amide bonds. The van der Waals surface area contributed by atoms with Crippen molar-refractivity contribution in [3.63, 3.8) is 0 Å². The molecule has 0 radical (unpaired) electrons. The summed E-state index contributed by atoms with van der Waals surface area (Å²) in [6.07, 6.45) is 3.32. The average molecular weight is 264 g/mol. The van der Waals surface area contributed by atoms with E-state index in [-0.39, 0.29) is 0 Å². The SMILES string of the molecule is CCNc1nccnc1-c1ccc(OC)c(Cl)c1. The molecule has 18 heavy (non-hydrogen) atoms. The molecule has 0 aliphatic carbocycles. The van der Waals surface area contributed by atoms with Crippen LogP contribution in [0, 0.1) is 0 Å². The Bertz CT molecular complexity index is 546. The number of methoxy groups -OCH3 is 1. The van der Waals surface area contributed by atoms with Gasteiger partial charge in [0.2, 0.25) is 0 Å². The van der Waals surface area contributed by atoms with Gasteiger partial charge < -0.3 is 10.1 Å². The predicted molar refractivity (Wildman–Crippen MR) is 73.2 cm³/mol. The van der Waals surface area contributed by atoms with Crippen LogP contribution in [0.4, 0.5) is 5.82 Å². The highest BCUT2D eigenvalue weighted by atomic mass is 35.5. The average Bonchev–Trinajstić information content (AvgIpc) is 2.40. The minimum absolute atomic E-state index is 0.558. The van der Waals surface area contributed by atoms with Crippen LogP contribution in [0.15, 0.2) is 30.6 Å². The van der Waals surface area contributed by atoms with Crippen molar-refractivity contribution >= 4 is 17.4 Å². The zero-order chi connectivity index (χ0) is 13.0. The fourth-order valence-corrected chi connectivity index (χ4v) is 1.92. The van der Waals surface area contributed by atoms with Gasteiger partial charge >= 0.3 is 0 Å². The number of rotatable bonds is 4. The van der Waals surface area contributed by atoms with E-state index in [1.807, 2.05) is 25.1 Å². The van der Waals surface area contributed by atoms with E-state index >= 15 is 0 Å². The van der Waals surface area contributed by atoms with Crippen LogP contribution in [-0.4, -0.2) is 23.6 Å². The van der Waals surface area contributed by atoms with E-state index < -0.39 is 0 Å². The summed E-state index contributed by atoms with van der Waals surface area (Å²) in [4.78, 5) is 8.61. The molecule has 2 rings (SSSR count). The van der Waals surface area contributed by atoms with Gasteiger partial charge in [-0.1, -0.05) is 11.6 Å². The second kappa shape index (κ2) is 5.69. The van der Waals surface area contributed by atoms with Crippen LogP contribution < -0.4 is 10.1 Å². The van der Waals surface area contributed by atoms with Gasteiger partial charge in [0.1, 0.15) is 11.4 Å². The van der Waals surface area contributed by atoms with Gasteiger partial charge in [0.05, 0.1) is 12.1 Å². The number of hydrogen-bond acceptors (Lipinski definition) is 4. The normalized spacial score (nSPS) is 10.2. The molecule has 1 heterocycles.